The minimum absolute atomic E-state index is 0.119. The van der Waals surface area contributed by atoms with E-state index in [1.807, 2.05) is 0 Å². The van der Waals surface area contributed by atoms with E-state index in [9.17, 15) is 14.7 Å². The Hall–Kier alpha value is -3.68. The Bertz CT molecular complexity index is 964. The summed E-state index contributed by atoms with van der Waals surface area (Å²) in [6.07, 6.45) is 0. The maximum Gasteiger partial charge on any atom is 0.358 e. The van der Waals surface area contributed by atoms with Crippen LogP contribution in [0.3, 0.4) is 0 Å². The molecule has 0 aliphatic carbocycles. The summed E-state index contributed by atoms with van der Waals surface area (Å²) in [5, 5.41) is 16.9. The van der Waals surface area contributed by atoms with E-state index in [-0.39, 0.29) is 23.5 Å². The molecule has 2 aromatic carbocycles. The number of ether oxygens (including phenoxy) is 1. The van der Waals surface area contributed by atoms with Crippen LogP contribution >= 0.6 is 0 Å². The van der Waals surface area contributed by atoms with Gasteiger partial charge >= 0.3 is 5.97 Å². The van der Waals surface area contributed by atoms with Gasteiger partial charge in [0.2, 0.25) is 11.5 Å². The standard InChI is InChI=1S/C18H16N4O4/c1-26-12-8-6-11(7-9-12)10-22-16(15(18(24)25)20-21-22)17(23)13-4-2-3-5-14(13)19/h2-9H,10,19H2,1H3,(H,24,25). The van der Waals surface area contributed by atoms with E-state index < -0.39 is 17.4 Å². The Balaban J connectivity index is 2.02. The minimum Gasteiger partial charge on any atom is -0.497 e. The fourth-order valence-corrected chi connectivity index (χ4v) is 2.53. The van der Waals surface area contributed by atoms with E-state index in [0.717, 1.165) is 5.56 Å². The SMILES string of the molecule is COc1ccc(Cn2nnc(C(=O)O)c2C(=O)c2ccccc2N)cc1. The van der Waals surface area contributed by atoms with Crippen LogP contribution in [-0.2, 0) is 6.54 Å². The number of carbonyl (C=O) groups is 2. The third-order valence-corrected chi connectivity index (χ3v) is 3.85. The van der Waals surface area contributed by atoms with Crippen LogP contribution in [0.25, 0.3) is 0 Å². The van der Waals surface area contributed by atoms with Gasteiger partial charge in [-0.15, -0.1) is 5.10 Å². The number of anilines is 1. The summed E-state index contributed by atoms with van der Waals surface area (Å²) in [7, 11) is 1.56. The Morgan fingerprint density at radius 1 is 1.15 bits per heavy atom. The summed E-state index contributed by atoms with van der Waals surface area (Å²) in [5.74, 6) is -1.19. The number of nitrogens with zero attached hydrogens (tertiary/aromatic N) is 3. The first-order valence-corrected chi connectivity index (χ1v) is 7.70. The minimum atomic E-state index is -1.33. The number of para-hydroxylation sites is 1. The molecule has 0 aliphatic heterocycles. The van der Waals surface area contributed by atoms with Crippen LogP contribution in [0.4, 0.5) is 5.69 Å². The fourth-order valence-electron chi connectivity index (χ4n) is 2.53. The highest BCUT2D eigenvalue weighted by Crippen LogP contribution is 2.20. The number of carboxylic acid groups (broad SMARTS) is 1. The van der Waals surface area contributed by atoms with Crippen molar-refractivity contribution in [3.63, 3.8) is 0 Å². The van der Waals surface area contributed by atoms with E-state index in [0.29, 0.717) is 5.75 Å². The normalized spacial score (nSPS) is 10.5. The van der Waals surface area contributed by atoms with Gasteiger partial charge in [0.1, 0.15) is 11.4 Å². The van der Waals surface area contributed by atoms with Crippen LogP contribution in [0.5, 0.6) is 5.75 Å². The summed E-state index contributed by atoms with van der Waals surface area (Å²) in [4.78, 5) is 24.4. The quantitative estimate of drug-likeness (QED) is 0.513. The number of aromatic carboxylic acids is 1. The van der Waals surface area contributed by atoms with E-state index >= 15 is 0 Å². The van der Waals surface area contributed by atoms with Crippen molar-refractivity contribution in [3.8, 4) is 5.75 Å². The summed E-state index contributed by atoms with van der Waals surface area (Å²) in [6, 6.07) is 13.6. The van der Waals surface area contributed by atoms with Gasteiger partial charge < -0.3 is 15.6 Å². The number of nitrogen functional groups attached to an aromatic ring is 1. The van der Waals surface area contributed by atoms with Gasteiger partial charge in [0.15, 0.2) is 0 Å². The number of carbonyl (C=O) groups excluding carboxylic acids is 1. The number of benzene rings is 2. The Kier molecular flexibility index (Phi) is 4.66. The molecular formula is C18H16N4O4. The molecule has 0 bridgehead atoms. The first kappa shape index (κ1) is 17.2. The molecule has 0 saturated carbocycles. The molecule has 0 atom stereocenters. The predicted octanol–water partition coefficient (Wildman–Crippen LogP) is 1.85. The smallest absolute Gasteiger partial charge is 0.358 e. The largest absolute Gasteiger partial charge is 0.497 e. The van der Waals surface area contributed by atoms with Gasteiger partial charge in [-0.2, -0.15) is 0 Å². The van der Waals surface area contributed by atoms with Crippen molar-refractivity contribution in [1.29, 1.82) is 0 Å². The molecule has 8 nitrogen and oxygen atoms in total. The summed E-state index contributed by atoms with van der Waals surface area (Å²) < 4.78 is 6.37. The number of ketones is 1. The molecule has 0 unspecified atom stereocenters. The Morgan fingerprint density at radius 3 is 2.46 bits per heavy atom. The second-order valence-corrected chi connectivity index (χ2v) is 5.51. The zero-order valence-electron chi connectivity index (χ0n) is 13.9. The molecule has 3 aromatic rings. The highest BCUT2D eigenvalue weighted by atomic mass is 16.5. The van der Waals surface area contributed by atoms with Gasteiger partial charge in [-0.1, -0.05) is 29.5 Å². The molecule has 0 aliphatic rings. The maximum absolute atomic E-state index is 12.9. The molecule has 0 spiro atoms. The second kappa shape index (κ2) is 7.06. The summed E-state index contributed by atoms with van der Waals surface area (Å²) >= 11 is 0. The van der Waals surface area contributed by atoms with Crippen LogP contribution in [-0.4, -0.2) is 39.0 Å². The van der Waals surface area contributed by atoms with Crippen molar-refractivity contribution >= 4 is 17.4 Å². The average Bonchev–Trinajstić information content (AvgIpc) is 3.06. The predicted molar refractivity (Wildman–Crippen MR) is 93.4 cm³/mol. The molecule has 1 heterocycles. The third kappa shape index (κ3) is 3.25. The van der Waals surface area contributed by atoms with Gasteiger partial charge in [-0.3, -0.25) is 4.79 Å². The van der Waals surface area contributed by atoms with E-state index in [1.165, 1.54) is 10.7 Å². The van der Waals surface area contributed by atoms with Crippen LogP contribution in [0.15, 0.2) is 48.5 Å². The van der Waals surface area contributed by atoms with Gasteiger partial charge in [-0.25, -0.2) is 9.48 Å². The molecule has 0 saturated heterocycles. The number of rotatable bonds is 6. The lowest BCUT2D eigenvalue weighted by Gasteiger charge is -2.09. The van der Waals surface area contributed by atoms with Crippen molar-refractivity contribution in [3.05, 3.63) is 71.0 Å². The maximum atomic E-state index is 12.9. The monoisotopic (exact) mass is 352 g/mol. The van der Waals surface area contributed by atoms with Gasteiger partial charge in [-0.05, 0) is 29.8 Å². The van der Waals surface area contributed by atoms with E-state index in [1.54, 1.807) is 49.6 Å². The second-order valence-electron chi connectivity index (χ2n) is 5.51. The van der Waals surface area contributed by atoms with Crippen LogP contribution < -0.4 is 10.5 Å². The average molecular weight is 352 g/mol. The molecule has 3 N–H and O–H groups in total. The number of nitrogens with two attached hydrogens (primary N) is 1. The first-order valence-electron chi connectivity index (χ1n) is 7.70. The molecule has 1 aromatic heterocycles. The number of hydrogen-bond acceptors (Lipinski definition) is 6. The number of hydrogen-bond donors (Lipinski definition) is 2. The van der Waals surface area contributed by atoms with Crippen molar-refractivity contribution in [2.24, 2.45) is 0 Å². The highest BCUT2D eigenvalue weighted by Gasteiger charge is 2.27. The van der Waals surface area contributed by atoms with Crippen molar-refractivity contribution in [2.45, 2.75) is 6.54 Å². The Morgan fingerprint density at radius 2 is 1.85 bits per heavy atom. The molecule has 26 heavy (non-hydrogen) atoms. The zero-order chi connectivity index (χ0) is 18.7. The van der Waals surface area contributed by atoms with Gasteiger partial charge in [0.25, 0.3) is 0 Å². The fraction of sp³-hybridized carbons (Fsp3) is 0.111. The third-order valence-electron chi connectivity index (χ3n) is 3.85. The molecule has 132 valence electrons. The lowest BCUT2D eigenvalue weighted by molar-refractivity contribution is 0.0686. The van der Waals surface area contributed by atoms with E-state index in [4.69, 9.17) is 10.5 Å². The molecule has 0 radical (unpaired) electrons. The molecule has 3 rings (SSSR count). The lowest BCUT2D eigenvalue weighted by atomic mass is 10.0. The van der Waals surface area contributed by atoms with Crippen molar-refractivity contribution < 1.29 is 19.4 Å². The molecular weight excluding hydrogens is 336 g/mol. The van der Waals surface area contributed by atoms with Crippen LogP contribution in [0.1, 0.15) is 32.1 Å². The van der Waals surface area contributed by atoms with Gasteiger partial charge in [0, 0.05) is 11.3 Å². The molecule has 0 amide bonds. The summed E-state index contributed by atoms with van der Waals surface area (Å²) in [6.45, 7) is 0.179. The lowest BCUT2D eigenvalue weighted by Crippen LogP contribution is -2.17. The molecule has 8 heteroatoms. The molecule has 0 fully saturated rings. The van der Waals surface area contributed by atoms with Crippen LogP contribution in [0, 0.1) is 0 Å². The zero-order valence-corrected chi connectivity index (χ0v) is 13.9. The van der Waals surface area contributed by atoms with Crippen molar-refractivity contribution in [2.75, 3.05) is 12.8 Å². The number of methoxy groups -OCH3 is 1. The topological polar surface area (TPSA) is 120 Å². The van der Waals surface area contributed by atoms with Crippen molar-refractivity contribution in [1.82, 2.24) is 15.0 Å². The van der Waals surface area contributed by atoms with E-state index in [2.05, 4.69) is 10.3 Å². The summed E-state index contributed by atoms with van der Waals surface area (Å²) in [5.41, 5.74) is 6.59. The van der Waals surface area contributed by atoms with Crippen LogP contribution in [0.2, 0.25) is 0 Å². The first-order chi connectivity index (χ1) is 12.5. The number of carboxylic acids is 1. The highest BCUT2D eigenvalue weighted by molar-refractivity contribution is 6.14. The van der Waals surface area contributed by atoms with Gasteiger partial charge in [0.05, 0.1) is 13.7 Å². The number of aromatic nitrogens is 3. The Labute approximate surface area is 148 Å².